The molecule has 1 aliphatic rings. The summed E-state index contributed by atoms with van der Waals surface area (Å²) in [6.45, 7) is 3.17. The van der Waals surface area contributed by atoms with E-state index in [1.54, 1.807) is 29.7 Å². The van der Waals surface area contributed by atoms with Crippen LogP contribution in [-0.4, -0.2) is 44.0 Å². The van der Waals surface area contributed by atoms with Crippen molar-refractivity contribution in [2.24, 2.45) is 0 Å². The van der Waals surface area contributed by atoms with Crippen molar-refractivity contribution < 1.29 is 9.53 Å². The Morgan fingerprint density at radius 3 is 2.91 bits per heavy atom. The molecule has 0 saturated heterocycles. The third-order valence-electron chi connectivity index (χ3n) is 5.42. The number of hydrogen-bond acceptors (Lipinski definition) is 5. The van der Waals surface area contributed by atoms with Gasteiger partial charge in [0.25, 0.3) is 0 Å². The van der Waals surface area contributed by atoms with Gasteiger partial charge >= 0.3 is 6.03 Å². The van der Waals surface area contributed by atoms with E-state index in [0.29, 0.717) is 30.3 Å². The summed E-state index contributed by atoms with van der Waals surface area (Å²) in [5, 5.41) is 4.00. The van der Waals surface area contributed by atoms with E-state index < -0.39 is 0 Å². The van der Waals surface area contributed by atoms with Gasteiger partial charge in [0.15, 0.2) is 0 Å². The van der Waals surface area contributed by atoms with Crippen LogP contribution in [-0.2, 0) is 0 Å². The molecule has 8 nitrogen and oxygen atoms in total. The van der Waals surface area contributed by atoms with Gasteiger partial charge < -0.3 is 19.9 Å². The topological polar surface area (TPSA) is 96.0 Å². The first-order valence-corrected chi connectivity index (χ1v) is 10.4. The molecule has 2 amide bonds. The lowest BCUT2D eigenvalue weighted by Gasteiger charge is -2.26. The maximum atomic E-state index is 12.8. The number of anilines is 1. The summed E-state index contributed by atoms with van der Waals surface area (Å²) in [5.74, 6) is 1.27. The summed E-state index contributed by atoms with van der Waals surface area (Å²) in [6, 6.07) is 10.8. The lowest BCUT2D eigenvalue weighted by Crippen LogP contribution is -2.37. The zero-order valence-corrected chi connectivity index (χ0v) is 17.6. The Morgan fingerprint density at radius 1 is 1.19 bits per heavy atom. The predicted octanol–water partition coefficient (Wildman–Crippen LogP) is 4.77. The summed E-state index contributed by atoms with van der Waals surface area (Å²) in [5.41, 5.74) is 4.70. The molecule has 0 fully saturated rings. The third-order valence-corrected chi connectivity index (χ3v) is 5.42. The maximum Gasteiger partial charge on any atom is 0.322 e. The van der Waals surface area contributed by atoms with Crippen LogP contribution in [0.4, 0.5) is 10.5 Å². The number of aryl methyl sites for hydroxylation is 1. The monoisotopic (exact) mass is 426 g/mol. The van der Waals surface area contributed by atoms with E-state index in [-0.39, 0.29) is 6.03 Å². The molecular formula is C24H22N6O2. The Hall–Kier alpha value is -4.20. The Balaban J connectivity index is 1.26. The van der Waals surface area contributed by atoms with Gasteiger partial charge in [-0.1, -0.05) is 12.1 Å². The first-order valence-electron chi connectivity index (χ1n) is 10.4. The molecule has 0 unspecified atom stereocenters. The van der Waals surface area contributed by atoms with Gasteiger partial charge in [-0.15, -0.1) is 0 Å². The summed E-state index contributed by atoms with van der Waals surface area (Å²) < 4.78 is 5.80. The van der Waals surface area contributed by atoms with Crippen molar-refractivity contribution in [3.8, 4) is 11.5 Å². The number of rotatable bonds is 4. The van der Waals surface area contributed by atoms with Crippen molar-refractivity contribution >= 4 is 28.3 Å². The minimum absolute atomic E-state index is 0.149. The fourth-order valence-corrected chi connectivity index (χ4v) is 3.81. The van der Waals surface area contributed by atoms with Crippen LogP contribution in [0.25, 0.3) is 16.6 Å². The highest BCUT2D eigenvalue weighted by atomic mass is 16.5. The minimum atomic E-state index is -0.149. The quantitative estimate of drug-likeness (QED) is 0.490. The molecule has 32 heavy (non-hydrogen) atoms. The van der Waals surface area contributed by atoms with Crippen molar-refractivity contribution in [2.45, 2.75) is 13.3 Å². The second kappa shape index (κ2) is 8.50. The van der Waals surface area contributed by atoms with E-state index in [9.17, 15) is 4.79 Å². The van der Waals surface area contributed by atoms with Gasteiger partial charge in [-0.3, -0.25) is 4.98 Å². The number of aromatic nitrogens is 4. The van der Waals surface area contributed by atoms with Crippen LogP contribution in [0.15, 0.2) is 67.4 Å². The number of nitrogens with zero attached hydrogens (tertiary/aromatic N) is 4. The summed E-state index contributed by atoms with van der Waals surface area (Å²) in [6.07, 6.45) is 9.65. The molecule has 0 bridgehead atoms. The highest BCUT2D eigenvalue weighted by Gasteiger charge is 2.21. The molecule has 0 radical (unpaired) electrons. The number of ether oxygens (including phenoxy) is 1. The summed E-state index contributed by atoms with van der Waals surface area (Å²) in [7, 11) is 0. The number of carbonyl (C=O) groups excluding carboxylic acids is 1. The molecule has 0 aliphatic carbocycles. The largest absolute Gasteiger partial charge is 0.456 e. The number of hydrogen-bond donors (Lipinski definition) is 2. The van der Waals surface area contributed by atoms with E-state index in [4.69, 9.17) is 4.74 Å². The molecule has 160 valence electrons. The molecule has 4 aromatic rings. The average molecular weight is 426 g/mol. The first kappa shape index (κ1) is 19.7. The lowest BCUT2D eigenvalue weighted by molar-refractivity contribution is 0.217. The molecule has 5 rings (SSSR count). The van der Waals surface area contributed by atoms with Crippen LogP contribution in [0.3, 0.4) is 0 Å². The number of carbonyl (C=O) groups is 1. The molecular weight excluding hydrogens is 404 g/mol. The van der Waals surface area contributed by atoms with Gasteiger partial charge in [0.05, 0.1) is 11.9 Å². The molecule has 2 N–H and O–H groups in total. The van der Waals surface area contributed by atoms with Crippen LogP contribution in [0.5, 0.6) is 11.5 Å². The fraction of sp³-hybridized carbons (Fsp3) is 0.167. The molecule has 8 heteroatoms. The van der Waals surface area contributed by atoms with E-state index in [1.165, 1.54) is 0 Å². The van der Waals surface area contributed by atoms with Crippen LogP contribution < -0.4 is 10.1 Å². The van der Waals surface area contributed by atoms with Crippen molar-refractivity contribution in [1.82, 2.24) is 24.8 Å². The van der Waals surface area contributed by atoms with Gasteiger partial charge in [0, 0.05) is 42.6 Å². The van der Waals surface area contributed by atoms with Crippen molar-refractivity contribution in [2.75, 3.05) is 18.4 Å². The second-order valence-electron chi connectivity index (χ2n) is 7.59. The molecule has 3 aromatic heterocycles. The first-order chi connectivity index (χ1) is 15.7. The number of fused-ring (bicyclic) bond motifs is 1. The molecule has 4 heterocycles. The Bertz CT molecular complexity index is 1300. The molecule has 1 aliphatic heterocycles. The number of aromatic amines is 1. The SMILES string of the molecule is Cc1c[nH]c2ncnc(C3=CCN(C(=O)Nc4cccc(Oc5cccnc5)c4)CC3)c12. The highest BCUT2D eigenvalue weighted by Crippen LogP contribution is 2.29. The maximum absolute atomic E-state index is 12.8. The van der Waals surface area contributed by atoms with Crippen LogP contribution in [0, 0.1) is 6.92 Å². The van der Waals surface area contributed by atoms with Gasteiger partial charge in [-0.05, 0) is 48.7 Å². The van der Waals surface area contributed by atoms with E-state index in [0.717, 1.165) is 34.3 Å². The van der Waals surface area contributed by atoms with Gasteiger partial charge in [-0.2, -0.15) is 0 Å². The van der Waals surface area contributed by atoms with Gasteiger partial charge in [0.1, 0.15) is 23.5 Å². The zero-order chi connectivity index (χ0) is 21.9. The van der Waals surface area contributed by atoms with Crippen molar-refractivity contribution in [1.29, 1.82) is 0 Å². The normalized spacial score (nSPS) is 13.7. The molecule has 0 spiro atoms. The number of urea groups is 1. The summed E-state index contributed by atoms with van der Waals surface area (Å²) >= 11 is 0. The van der Waals surface area contributed by atoms with E-state index in [2.05, 4.69) is 31.3 Å². The second-order valence-corrected chi connectivity index (χ2v) is 7.59. The predicted molar refractivity (Wildman–Crippen MR) is 123 cm³/mol. The number of pyridine rings is 1. The molecule has 0 saturated carbocycles. The Labute approximate surface area is 185 Å². The Morgan fingerprint density at radius 2 is 2.09 bits per heavy atom. The molecule has 0 atom stereocenters. The minimum Gasteiger partial charge on any atom is -0.456 e. The summed E-state index contributed by atoms with van der Waals surface area (Å²) in [4.78, 5) is 30.6. The van der Waals surface area contributed by atoms with Crippen LogP contribution >= 0.6 is 0 Å². The number of nitrogens with one attached hydrogen (secondary N) is 2. The number of H-pyrrole nitrogens is 1. The smallest absolute Gasteiger partial charge is 0.322 e. The molecule has 1 aromatic carbocycles. The zero-order valence-electron chi connectivity index (χ0n) is 17.6. The number of amides is 2. The Kier molecular flexibility index (Phi) is 5.25. The standard InChI is InChI=1S/C24H22N6O2/c1-16-13-26-23-21(16)22(27-15-28-23)17-7-10-30(11-8-17)24(31)29-18-4-2-5-19(12-18)32-20-6-3-9-25-14-20/h2-7,9,12-15H,8,10-11H2,1H3,(H,29,31)(H,26,27,28). The lowest BCUT2D eigenvalue weighted by atomic mass is 10.0. The van der Waals surface area contributed by atoms with Crippen LogP contribution in [0.1, 0.15) is 17.7 Å². The average Bonchev–Trinajstić information content (AvgIpc) is 3.21. The van der Waals surface area contributed by atoms with E-state index in [1.807, 2.05) is 43.5 Å². The van der Waals surface area contributed by atoms with Crippen molar-refractivity contribution in [3.63, 3.8) is 0 Å². The van der Waals surface area contributed by atoms with Gasteiger partial charge in [-0.25, -0.2) is 14.8 Å². The number of benzene rings is 1. The van der Waals surface area contributed by atoms with E-state index >= 15 is 0 Å². The van der Waals surface area contributed by atoms with Crippen molar-refractivity contribution in [3.05, 3.63) is 78.6 Å². The highest BCUT2D eigenvalue weighted by molar-refractivity contribution is 5.93. The fourth-order valence-electron chi connectivity index (χ4n) is 3.81. The van der Waals surface area contributed by atoms with Crippen LogP contribution in [0.2, 0.25) is 0 Å². The van der Waals surface area contributed by atoms with Gasteiger partial charge in [0.2, 0.25) is 0 Å². The third kappa shape index (κ3) is 4.02.